The Balaban J connectivity index is 2.37. The van der Waals surface area contributed by atoms with Crippen LogP contribution in [0.25, 0.3) is 11.1 Å². The van der Waals surface area contributed by atoms with Crippen LogP contribution in [-0.2, 0) is 4.79 Å². The van der Waals surface area contributed by atoms with Crippen molar-refractivity contribution >= 4 is 11.8 Å². The van der Waals surface area contributed by atoms with E-state index in [1.54, 1.807) is 0 Å². The fourth-order valence-corrected chi connectivity index (χ4v) is 1.66. The first-order valence-electron chi connectivity index (χ1n) is 5.31. The summed E-state index contributed by atoms with van der Waals surface area (Å²) in [6.45, 7) is 0. The Hall–Kier alpha value is -2.56. The molecule has 0 spiro atoms. The molecule has 96 valence electrons. The second kappa shape index (κ2) is 4.97. The molecule has 0 saturated carbocycles. The molecule has 1 N–H and O–H groups in total. The lowest BCUT2D eigenvalue weighted by Crippen LogP contribution is -2.12. The maximum absolute atomic E-state index is 13.1. The van der Waals surface area contributed by atoms with Gasteiger partial charge in [-0.2, -0.15) is 0 Å². The number of benzene rings is 2. The molecule has 2 aromatic rings. The number of carbonyl (C=O) groups excluding carboxylic acids is 1. The summed E-state index contributed by atoms with van der Waals surface area (Å²) in [6.07, 6.45) is 0. The number of carbonyl (C=O) groups is 2. The minimum Gasteiger partial charge on any atom is -0.475 e. The van der Waals surface area contributed by atoms with Gasteiger partial charge in [-0.05, 0) is 23.3 Å². The van der Waals surface area contributed by atoms with Crippen molar-refractivity contribution in [3.63, 3.8) is 0 Å². The van der Waals surface area contributed by atoms with Gasteiger partial charge in [0.05, 0.1) is 0 Å². The van der Waals surface area contributed by atoms with Gasteiger partial charge in [0, 0.05) is 11.6 Å². The zero-order chi connectivity index (χ0) is 14.0. The topological polar surface area (TPSA) is 54.4 Å². The quantitative estimate of drug-likeness (QED) is 0.683. The van der Waals surface area contributed by atoms with E-state index in [9.17, 15) is 18.4 Å². The molecule has 0 aliphatic heterocycles. The van der Waals surface area contributed by atoms with E-state index in [0.717, 1.165) is 18.2 Å². The highest BCUT2D eigenvalue weighted by molar-refractivity contribution is 6.39. The van der Waals surface area contributed by atoms with Gasteiger partial charge in [-0.1, -0.05) is 24.3 Å². The Morgan fingerprint density at radius 1 is 0.842 bits per heavy atom. The average Bonchev–Trinajstić information content (AvgIpc) is 2.37. The molecule has 2 rings (SSSR count). The van der Waals surface area contributed by atoms with Gasteiger partial charge in [0.15, 0.2) is 0 Å². The summed E-state index contributed by atoms with van der Waals surface area (Å²) in [5.74, 6) is -4.00. The van der Waals surface area contributed by atoms with E-state index in [1.165, 1.54) is 24.3 Å². The molecule has 0 unspecified atom stereocenters. The molecule has 0 aliphatic carbocycles. The van der Waals surface area contributed by atoms with Crippen LogP contribution in [0.3, 0.4) is 0 Å². The molecule has 2 aromatic carbocycles. The summed E-state index contributed by atoms with van der Waals surface area (Å²) in [5.41, 5.74) is 0.806. The first-order chi connectivity index (χ1) is 8.97. The fourth-order valence-electron chi connectivity index (χ4n) is 1.66. The second-order valence-corrected chi connectivity index (χ2v) is 3.87. The molecular formula is C14H8F2O3. The zero-order valence-corrected chi connectivity index (χ0v) is 9.56. The number of carboxylic acids is 1. The van der Waals surface area contributed by atoms with Crippen LogP contribution in [0.15, 0.2) is 42.5 Å². The van der Waals surface area contributed by atoms with Crippen LogP contribution in [0.2, 0.25) is 0 Å². The van der Waals surface area contributed by atoms with Crippen LogP contribution >= 0.6 is 0 Å². The van der Waals surface area contributed by atoms with E-state index in [4.69, 9.17) is 5.11 Å². The first-order valence-corrected chi connectivity index (χ1v) is 5.31. The third kappa shape index (κ3) is 2.82. The predicted octanol–water partition coefficient (Wildman–Crippen LogP) is 2.90. The summed E-state index contributed by atoms with van der Waals surface area (Å²) in [5, 5.41) is 8.55. The summed E-state index contributed by atoms with van der Waals surface area (Å²) < 4.78 is 26.1. The molecule has 0 aliphatic rings. The van der Waals surface area contributed by atoms with Crippen molar-refractivity contribution < 1.29 is 23.5 Å². The average molecular weight is 262 g/mol. The molecular weight excluding hydrogens is 254 g/mol. The Labute approximate surface area is 107 Å². The van der Waals surface area contributed by atoms with E-state index < -0.39 is 23.4 Å². The monoisotopic (exact) mass is 262 g/mol. The third-order valence-corrected chi connectivity index (χ3v) is 2.54. The van der Waals surface area contributed by atoms with Crippen molar-refractivity contribution in [3.8, 4) is 11.1 Å². The Kier molecular flexibility index (Phi) is 3.37. The lowest BCUT2D eigenvalue weighted by molar-refractivity contribution is -0.131. The Bertz CT molecular complexity index is 628. The van der Waals surface area contributed by atoms with Gasteiger partial charge < -0.3 is 5.11 Å². The van der Waals surface area contributed by atoms with Gasteiger partial charge in [0.25, 0.3) is 5.78 Å². The van der Waals surface area contributed by atoms with E-state index in [2.05, 4.69) is 0 Å². The van der Waals surface area contributed by atoms with Gasteiger partial charge in [0.2, 0.25) is 0 Å². The largest absolute Gasteiger partial charge is 0.475 e. The number of aliphatic carboxylic acids is 1. The maximum Gasteiger partial charge on any atom is 0.377 e. The minimum atomic E-state index is -1.55. The van der Waals surface area contributed by atoms with Crippen LogP contribution in [0.1, 0.15) is 10.4 Å². The Morgan fingerprint density at radius 2 is 1.37 bits per heavy atom. The number of Topliss-reactive ketones (excluding diaryl/α,β-unsaturated/α-hetero) is 1. The van der Waals surface area contributed by atoms with Crippen molar-refractivity contribution in [2.24, 2.45) is 0 Å². The SMILES string of the molecule is O=C(O)C(=O)c1ccc(-c2cc(F)cc(F)c2)cc1. The smallest absolute Gasteiger partial charge is 0.377 e. The minimum absolute atomic E-state index is 0.00752. The molecule has 0 amide bonds. The maximum atomic E-state index is 13.1. The summed E-state index contributed by atoms with van der Waals surface area (Å²) in [4.78, 5) is 21.7. The number of rotatable bonds is 3. The van der Waals surface area contributed by atoms with Gasteiger partial charge in [-0.15, -0.1) is 0 Å². The molecule has 19 heavy (non-hydrogen) atoms. The summed E-state index contributed by atoms with van der Waals surface area (Å²) in [7, 11) is 0. The van der Waals surface area contributed by atoms with Crippen molar-refractivity contribution in [3.05, 3.63) is 59.7 Å². The zero-order valence-electron chi connectivity index (χ0n) is 9.56. The third-order valence-electron chi connectivity index (χ3n) is 2.54. The molecule has 0 atom stereocenters. The van der Waals surface area contributed by atoms with Gasteiger partial charge in [0.1, 0.15) is 11.6 Å². The van der Waals surface area contributed by atoms with Crippen LogP contribution in [0, 0.1) is 11.6 Å². The van der Waals surface area contributed by atoms with E-state index in [-0.39, 0.29) is 5.56 Å². The fraction of sp³-hybridized carbons (Fsp3) is 0. The number of ketones is 1. The first kappa shape index (κ1) is 12.9. The lowest BCUT2D eigenvalue weighted by atomic mass is 10.0. The molecule has 0 saturated heterocycles. The molecule has 0 bridgehead atoms. The Morgan fingerprint density at radius 3 is 1.84 bits per heavy atom. The molecule has 0 heterocycles. The number of hydrogen-bond donors (Lipinski definition) is 1. The highest BCUT2D eigenvalue weighted by Gasteiger charge is 2.14. The van der Waals surface area contributed by atoms with Crippen LogP contribution in [-0.4, -0.2) is 16.9 Å². The lowest BCUT2D eigenvalue weighted by Gasteiger charge is -2.03. The van der Waals surface area contributed by atoms with Gasteiger partial charge in [-0.25, -0.2) is 13.6 Å². The molecule has 0 aromatic heterocycles. The molecule has 3 nitrogen and oxygen atoms in total. The normalized spacial score (nSPS) is 10.2. The van der Waals surface area contributed by atoms with Crippen LogP contribution in [0.4, 0.5) is 8.78 Å². The van der Waals surface area contributed by atoms with Gasteiger partial charge >= 0.3 is 5.97 Å². The summed E-state index contributed by atoms with van der Waals surface area (Å²) in [6, 6.07) is 8.53. The van der Waals surface area contributed by atoms with Gasteiger partial charge in [-0.3, -0.25) is 4.79 Å². The standard InChI is InChI=1S/C14H8F2O3/c15-11-5-10(6-12(16)7-11)8-1-3-9(4-2-8)13(17)14(18)19/h1-7H,(H,18,19). The summed E-state index contributed by atoms with van der Waals surface area (Å²) >= 11 is 0. The molecule has 0 radical (unpaired) electrons. The number of carboxylic acid groups (broad SMARTS) is 1. The van der Waals surface area contributed by atoms with Crippen molar-refractivity contribution in [1.29, 1.82) is 0 Å². The van der Waals surface area contributed by atoms with E-state index in [0.29, 0.717) is 11.1 Å². The predicted molar refractivity (Wildman–Crippen MR) is 63.8 cm³/mol. The highest BCUT2D eigenvalue weighted by Crippen LogP contribution is 2.22. The van der Waals surface area contributed by atoms with Crippen molar-refractivity contribution in [1.82, 2.24) is 0 Å². The van der Waals surface area contributed by atoms with E-state index in [1.807, 2.05) is 0 Å². The van der Waals surface area contributed by atoms with Crippen LogP contribution < -0.4 is 0 Å². The number of hydrogen-bond acceptors (Lipinski definition) is 2. The van der Waals surface area contributed by atoms with Crippen molar-refractivity contribution in [2.45, 2.75) is 0 Å². The second-order valence-electron chi connectivity index (χ2n) is 3.87. The number of halogens is 2. The molecule has 5 heteroatoms. The van der Waals surface area contributed by atoms with E-state index >= 15 is 0 Å². The molecule has 0 fully saturated rings. The van der Waals surface area contributed by atoms with Crippen LogP contribution in [0.5, 0.6) is 0 Å². The highest BCUT2D eigenvalue weighted by atomic mass is 19.1. The van der Waals surface area contributed by atoms with Crippen molar-refractivity contribution in [2.75, 3.05) is 0 Å².